The fraction of sp³-hybridized carbons (Fsp3) is 0.333. The smallest absolute Gasteiger partial charge is 0.340 e. The van der Waals surface area contributed by atoms with Gasteiger partial charge < -0.3 is 15.8 Å². The molecule has 2 amide bonds. The number of primary amides is 1. The van der Waals surface area contributed by atoms with Crippen LogP contribution in [0.4, 0.5) is 4.79 Å². The summed E-state index contributed by atoms with van der Waals surface area (Å²) in [7, 11) is 0. The standard InChI is InChI=1S/C9H10Cl2N2O3S/c10-6-4-5(7(11)17-6)8(14)16-3-1-2-13-9(12)15/h4H,1-3H2,(H3,12,13,15). The van der Waals surface area contributed by atoms with Gasteiger partial charge in [0.05, 0.1) is 16.5 Å². The normalized spacial score (nSPS) is 10.0. The molecular formula is C9H10Cl2N2O3S. The minimum Gasteiger partial charge on any atom is -0.462 e. The van der Waals surface area contributed by atoms with E-state index in [4.69, 9.17) is 33.7 Å². The molecule has 0 aliphatic carbocycles. The number of esters is 1. The Morgan fingerprint density at radius 3 is 2.71 bits per heavy atom. The molecule has 1 aromatic heterocycles. The Kier molecular flexibility index (Phi) is 5.54. The van der Waals surface area contributed by atoms with Crippen LogP contribution in [0.3, 0.4) is 0 Å². The van der Waals surface area contributed by atoms with Crippen LogP contribution >= 0.6 is 34.5 Å². The Balaban J connectivity index is 2.30. The van der Waals surface area contributed by atoms with Gasteiger partial charge in [0.1, 0.15) is 4.34 Å². The fourth-order valence-electron chi connectivity index (χ4n) is 1.01. The largest absolute Gasteiger partial charge is 0.462 e. The van der Waals surface area contributed by atoms with Crippen molar-refractivity contribution in [2.75, 3.05) is 13.2 Å². The van der Waals surface area contributed by atoms with Crippen LogP contribution < -0.4 is 11.1 Å². The predicted molar refractivity (Wildman–Crippen MR) is 66.8 cm³/mol. The highest BCUT2D eigenvalue weighted by molar-refractivity contribution is 7.20. The number of thiophene rings is 1. The molecule has 0 saturated carbocycles. The van der Waals surface area contributed by atoms with Crippen molar-refractivity contribution in [2.24, 2.45) is 5.73 Å². The van der Waals surface area contributed by atoms with Gasteiger partial charge in [-0.1, -0.05) is 23.2 Å². The highest BCUT2D eigenvalue weighted by atomic mass is 35.5. The van der Waals surface area contributed by atoms with Crippen LogP contribution in [0.25, 0.3) is 0 Å². The average molecular weight is 297 g/mol. The Labute approximate surface area is 112 Å². The molecule has 0 saturated heterocycles. The maximum atomic E-state index is 11.5. The van der Waals surface area contributed by atoms with E-state index in [2.05, 4.69) is 5.32 Å². The van der Waals surface area contributed by atoms with Gasteiger partial charge in [-0.15, -0.1) is 11.3 Å². The maximum Gasteiger partial charge on any atom is 0.340 e. The van der Waals surface area contributed by atoms with Gasteiger partial charge in [-0.3, -0.25) is 0 Å². The molecule has 1 aromatic rings. The van der Waals surface area contributed by atoms with E-state index in [1.807, 2.05) is 0 Å². The Morgan fingerprint density at radius 1 is 1.47 bits per heavy atom. The molecule has 0 spiro atoms. The van der Waals surface area contributed by atoms with Crippen molar-refractivity contribution < 1.29 is 14.3 Å². The van der Waals surface area contributed by atoms with Crippen molar-refractivity contribution in [1.29, 1.82) is 0 Å². The molecule has 0 unspecified atom stereocenters. The first-order valence-corrected chi connectivity index (χ1v) is 6.23. The highest BCUT2D eigenvalue weighted by Gasteiger charge is 2.15. The molecule has 3 N–H and O–H groups in total. The van der Waals surface area contributed by atoms with E-state index in [1.165, 1.54) is 6.07 Å². The first kappa shape index (κ1) is 14.1. The fourth-order valence-corrected chi connectivity index (χ4v) is 2.45. The third-order valence-electron chi connectivity index (χ3n) is 1.73. The summed E-state index contributed by atoms with van der Waals surface area (Å²) < 4.78 is 5.67. The van der Waals surface area contributed by atoms with Crippen LogP contribution in [0.1, 0.15) is 16.8 Å². The quantitative estimate of drug-likeness (QED) is 0.646. The summed E-state index contributed by atoms with van der Waals surface area (Å²) in [4.78, 5) is 21.8. The second-order valence-electron chi connectivity index (χ2n) is 3.02. The van der Waals surface area contributed by atoms with Gasteiger partial charge in [-0.2, -0.15) is 0 Å². The molecule has 0 radical (unpaired) electrons. The van der Waals surface area contributed by atoms with Crippen LogP contribution in [0.5, 0.6) is 0 Å². The number of carbonyl (C=O) groups is 2. The number of hydrogen-bond acceptors (Lipinski definition) is 4. The summed E-state index contributed by atoms with van der Waals surface area (Å²) in [5, 5.41) is 2.38. The number of nitrogens with one attached hydrogen (secondary N) is 1. The zero-order chi connectivity index (χ0) is 12.8. The van der Waals surface area contributed by atoms with Gasteiger partial charge >= 0.3 is 12.0 Å². The number of amides is 2. The molecule has 0 bridgehead atoms. The summed E-state index contributed by atoms with van der Waals surface area (Å²) in [6, 6.07) is 0.849. The van der Waals surface area contributed by atoms with Gasteiger partial charge in [0.2, 0.25) is 0 Å². The van der Waals surface area contributed by atoms with Crippen LogP contribution in [0.15, 0.2) is 6.07 Å². The molecule has 1 heterocycles. The van der Waals surface area contributed by atoms with Gasteiger partial charge in [0.15, 0.2) is 0 Å². The first-order valence-electron chi connectivity index (χ1n) is 4.66. The van der Waals surface area contributed by atoms with Gasteiger partial charge in [0.25, 0.3) is 0 Å². The molecule has 0 aliphatic rings. The highest BCUT2D eigenvalue weighted by Crippen LogP contribution is 2.31. The lowest BCUT2D eigenvalue weighted by molar-refractivity contribution is 0.0502. The van der Waals surface area contributed by atoms with Crippen molar-refractivity contribution in [3.8, 4) is 0 Å². The summed E-state index contributed by atoms with van der Waals surface area (Å²) in [6.07, 6.45) is 0.476. The minimum absolute atomic E-state index is 0.170. The van der Waals surface area contributed by atoms with Crippen LogP contribution in [0.2, 0.25) is 8.67 Å². The lowest BCUT2D eigenvalue weighted by Crippen LogP contribution is -2.30. The lowest BCUT2D eigenvalue weighted by Gasteiger charge is -2.04. The molecule has 17 heavy (non-hydrogen) atoms. The number of halogens is 2. The third kappa shape index (κ3) is 4.80. The van der Waals surface area contributed by atoms with E-state index in [0.29, 0.717) is 21.6 Å². The van der Waals surface area contributed by atoms with E-state index in [1.54, 1.807) is 0 Å². The van der Waals surface area contributed by atoms with Crippen molar-refractivity contribution in [1.82, 2.24) is 5.32 Å². The Hall–Kier alpha value is -0.980. The van der Waals surface area contributed by atoms with Crippen molar-refractivity contribution >= 4 is 46.5 Å². The number of nitrogens with two attached hydrogens (primary N) is 1. The van der Waals surface area contributed by atoms with Crippen LogP contribution in [0, 0.1) is 0 Å². The Bertz CT molecular complexity index is 422. The number of rotatable bonds is 5. The zero-order valence-electron chi connectivity index (χ0n) is 8.66. The topological polar surface area (TPSA) is 81.4 Å². The van der Waals surface area contributed by atoms with E-state index < -0.39 is 12.0 Å². The molecule has 1 rings (SSSR count). The molecule has 5 nitrogen and oxygen atoms in total. The van der Waals surface area contributed by atoms with Crippen molar-refractivity contribution in [2.45, 2.75) is 6.42 Å². The lowest BCUT2D eigenvalue weighted by atomic mass is 10.3. The van der Waals surface area contributed by atoms with Crippen LogP contribution in [-0.4, -0.2) is 25.2 Å². The van der Waals surface area contributed by atoms with Gasteiger partial charge in [-0.05, 0) is 12.5 Å². The summed E-state index contributed by atoms with van der Waals surface area (Å²) in [5.41, 5.74) is 5.11. The van der Waals surface area contributed by atoms with E-state index in [9.17, 15) is 9.59 Å². The molecule has 94 valence electrons. The Morgan fingerprint density at radius 2 is 2.18 bits per heavy atom. The second kappa shape index (κ2) is 6.68. The zero-order valence-corrected chi connectivity index (χ0v) is 11.0. The van der Waals surface area contributed by atoms with Crippen molar-refractivity contribution in [3.63, 3.8) is 0 Å². The summed E-state index contributed by atoms with van der Waals surface area (Å²) >= 11 is 12.6. The van der Waals surface area contributed by atoms with E-state index in [-0.39, 0.29) is 12.2 Å². The monoisotopic (exact) mass is 296 g/mol. The number of ether oxygens (including phenoxy) is 1. The molecule has 0 atom stereocenters. The molecule has 0 aromatic carbocycles. The van der Waals surface area contributed by atoms with E-state index >= 15 is 0 Å². The molecular weight excluding hydrogens is 287 g/mol. The third-order valence-corrected chi connectivity index (χ3v) is 3.22. The number of urea groups is 1. The molecule has 0 fully saturated rings. The average Bonchev–Trinajstić information content (AvgIpc) is 2.56. The van der Waals surface area contributed by atoms with Crippen LogP contribution in [-0.2, 0) is 4.74 Å². The molecule has 0 aliphatic heterocycles. The minimum atomic E-state index is -0.607. The predicted octanol–water partition coefficient (Wildman–Crippen LogP) is 2.27. The SMILES string of the molecule is NC(=O)NCCCOC(=O)c1cc(Cl)sc1Cl. The van der Waals surface area contributed by atoms with Gasteiger partial charge in [0, 0.05) is 6.54 Å². The number of hydrogen-bond donors (Lipinski definition) is 2. The first-order chi connectivity index (χ1) is 8.00. The van der Waals surface area contributed by atoms with Crippen molar-refractivity contribution in [3.05, 3.63) is 20.3 Å². The van der Waals surface area contributed by atoms with E-state index in [0.717, 1.165) is 11.3 Å². The summed E-state index contributed by atoms with van der Waals surface area (Å²) in [6.45, 7) is 0.518. The summed E-state index contributed by atoms with van der Waals surface area (Å²) in [5.74, 6) is -0.530. The molecule has 8 heteroatoms. The second-order valence-corrected chi connectivity index (χ2v) is 5.30. The maximum absolute atomic E-state index is 11.5. The van der Waals surface area contributed by atoms with Gasteiger partial charge in [-0.25, -0.2) is 9.59 Å². The number of carbonyl (C=O) groups excluding carboxylic acids is 2.